The molecule has 0 aromatic carbocycles. The predicted octanol–water partition coefficient (Wildman–Crippen LogP) is 0.0453. The van der Waals surface area contributed by atoms with E-state index >= 15 is 0 Å². The summed E-state index contributed by atoms with van der Waals surface area (Å²) in [6, 6.07) is 1.49. The Morgan fingerprint density at radius 2 is 2.12 bits per heavy atom. The third kappa shape index (κ3) is 3.31. The minimum absolute atomic E-state index is 0.356. The zero-order chi connectivity index (χ0) is 12.8. The predicted molar refractivity (Wildman–Crippen MR) is 62.3 cm³/mol. The molecule has 4 N–H and O–H groups in total. The SMILES string of the molecule is Cc1nnc(NCCNC(N)=O)c(C#N)c1C. The molecule has 0 radical (unpaired) electrons. The first-order valence-corrected chi connectivity index (χ1v) is 5.07. The lowest BCUT2D eigenvalue weighted by Crippen LogP contribution is -2.33. The number of nitriles is 1. The summed E-state index contributed by atoms with van der Waals surface area (Å²) in [6.07, 6.45) is 0. The number of carbonyl (C=O) groups excluding carboxylic acids is 1. The van der Waals surface area contributed by atoms with Crippen molar-refractivity contribution in [2.24, 2.45) is 5.73 Å². The molecule has 1 heterocycles. The summed E-state index contributed by atoms with van der Waals surface area (Å²) in [5.74, 6) is 0.418. The number of anilines is 1. The lowest BCUT2D eigenvalue weighted by atomic mass is 10.1. The molecular formula is C10H14N6O. The normalized spacial score (nSPS) is 9.47. The number of hydrogen-bond donors (Lipinski definition) is 3. The van der Waals surface area contributed by atoms with Crippen LogP contribution >= 0.6 is 0 Å². The molecule has 0 bridgehead atoms. The monoisotopic (exact) mass is 234 g/mol. The molecule has 1 aromatic heterocycles. The molecule has 0 saturated heterocycles. The van der Waals surface area contributed by atoms with Gasteiger partial charge in [0.2, 0.25) is 0 Å². The van der Waals surface area contributed by atoms with Crippen LogP contribution in [0.1, 0.15) is 16.8 Å². The zero-order valence-corrected chi connectivity index (χ0v) is 9.74. The van der Waals surface area contributed by atoms with Crippen molar-refractivity contribution in [3.8, 4) is 6.07 Å². The number of aromatic nitrogens is 2. The summed E-state index contributed by atoms with van der Waals surface area (Å²) in [4.78, 5) is 10.4. The van der Waals surface area contributed by atoms with Gasteiger partial charge < -0.3 is 16.4 Å². The van der Waals surface area contributed by atoms with Crippen molar-refractivity contribution in [1.29, 1.82) is 5.26 Å². The Labute approximate surface area is 99.0 Å². The number of carbonyl (C=O) groups is 1. The first-order chi connectivity index (χ1) is 8.06. The molecular weight excluding hydrogens is 220 g/mol. The van der Waals surface area contributed by atoms with E-state index in [-0.39, 0.29) is 0 Å². The molecule has 7 heteroatoms. The lowest BCUT2D eigenvalue weighted by molar-refractivity contribution is 0.249. The first kappa shape index (κ1) is 12.7. The van der Waals surface area contributed by atoms with Gasteiger partial charge in [0.05, 0.1) is 5.69 Å². The van der Waals surface area contributed by atoms with E-state index in [1.54, 1.807) is 6.92 Å². The fourth-order valence-corrected chi connectivity index (χ4v) is 1.24. The van der Waals surface area contributed by atoms with Gasteiger partial charge in [-0.05, 0) is 19.4 Å². The number of nitrogens with two attached hydrogens (primary N) is 1. The molecule has 0 aliphatic carbocycles. The van der Waals surface area contributed by atoms with Crippen molar-refractivity contribution < 1.29 is 4.79 Å². The van der Waals surface area contributed by atoms with Crippen molar-refractivity contribution in [3.05, 3.63) is 16.8 Å². The minimum Gasteiger partial charge on any atom is -0.366 e. The van der Waals surface area contributed by atoms with Crippen LogP contribution in [-0.4, -0.2) is 29.3 Å². The van der Waals surface area contributed by atoms with Gasteiger partial charge in [-0.25, -0.2) is 4.79 Å². The molecule has 2 amide bonds. The fourth-order valence-electron chi connectivity index (χ4n) is 1.24. The van der Waals surface area contributed by atoms with Crippen LogP contribution in [0, 0.1) is 25.2 Å². The van der Waals surface area contributed by atoms with Gasteiger partial charge in [-0.15, -0.1) is 5.10 Å². The second-order valence-corrected chi connectivity index (χ2v) is 3.46. The van der Waals surface area contributed by atoms with Gasteiger partial charge in [0.1, 0.15) is 11.6 Å². The van der Waals surface area contributed by atoms with E-state index in [2.05, 4.69) is 26.9 Å². The number of hydrogen-bond acceptors (Lipinski definition) is 5. The van der Waals surface area contributed by atoms with Crippen LogP contribution in [0.25, 0.3) is 0 Å². The van der Waals surface area contributed by atoms with Crippen LogP contribution in [-0.2, 0) is 0 Å². The van der Waals surface area contributed by atoms with Crippen molar-refractivity contribution >= 4 is 11.8 Å². The average Bonchev–Trinajstić information content (AvgIpc) is 2.29. The summed E-state index contributed by atoms with van der Waals surface area (Å²) in [5, 5.41) is 22.2. The smallest absolute Gasteiger partial charge is 0.312 e. The summed E-state index contributed by atoms with van der Waals surface area (Å²) >= 11 is 0. The number of amides is 2. The van der Waals surface area contributed by atoms with Crippen LogP contribution in [0.2, 0.25) is 0 Å². The number of nitrogens with one attached hydrogen (secondary N) is 2. The second kappa shape index (κ2) is 5.65. The third-order valence-corrected chi connectivity index (χ3v) is 2.28. The number of nitrogens with zero attached hydrogens (tertiary/aromatic N) is 3. The number of urea groups is 1. The molecule has 1 aromatic rings. The van der Waals surface area contributed by atoms with Crippen molar-refractivity contribution in [1.82, 2.24) is 15.5 Å². The maximum atomic E-state index is 10.4. The maximum Gasteiger partial charge on any atom is 0.312 e. The van der Waals surface area contributed by atoms with Gasteiger partial charge in [-0.3, -0.25) is 0 Å². The van der Waals surface area contributed by atoms with Crippen molar-refractivity contribution in [2.45, 2.75) is 13.8 Å². The largest absolute Gasteiger partial charge is 0.366 e. The van der Waals surface area contributed by atoms with E-state index < -0.39 is 6.03 Å². The topological polar surface area (TPSA) is 117 Å². The van der Waals surface area contributed by atoms with E-state index in [4.69, 9.17) is 11.0 Å². The highest BCUT2D eigenvalue weighted by Gasteiger charge is 2.09. The van der Waals surface area contributed by atoms with Gasteiger partial charge in [0, 0.05) is 13.1 Å². The highest BCUT2D eigenvalue weighted by Crippen LogP contribution is 2.16. The van der Waals surface area contributed by atoms with Crippen LogP contribution in [0.15, 0.2) is 0 Å². The van der Waals surface area contributed by atoms with E-state index in [0.717, 1.165) is 11.3 Å². The Bertz CT molecular complexity index is 465. The highest BCUT2D eigenvalue weighted by atomic mass is 16.2. The van der Waals surface area contributed by atoms with Crippen molar-refractivity contribution in [3.63, 3.8) is 0 Å². The molecule has 17 heavy (non-hydrogen) atoms. The molecule has 0 aliphatic heterocycles. The van der Waals surface area contributed by atoms with Crippen molar-refractivity contribution in [2.75, 3.05) is 18.4 Å². The van der Waals surface area contributed by atoms with Crippen LogP contribution in [0.4, 0.5) is 10.6 Å². The minimum atomic E-state index is -0.585. The molecule has 0 unspecified atom stereocenters. The molecule has 0 aliphatic rings. The Kier molecular flexibility index (Phi) is 4.22. The summed E-state index contributed by atoms with van der Waals surface area (Å²) < 4.78 is 0. The van der Waals surface area contributed by atoms with Crippen LogP contribution in [0.5, 0.6) is 0 Å². The molecule has 0 saturated carbocycles. The Morgan fingerprint density at radius 1 is 1.41 bits per heavy atom. The Balaban J connectivity index is 2.69. The van der Waals surface area contributed by atoms with Gasteiger partial charge in [-0.2, -0.15) is 10.4 Å². The maximum absolute atomic E-state index is 10.4. The van der Waals surface area contributed by atoms with Gasteiger partial charge in [-0.1, -0.05) is 0 Å². The Hall–Kier alpha value is -2.36. The fraction of sp³-hybridized carbons (Fsp3) is 0.400. The number of aryl methyl sites for hydroxylation is 1. The molecule has 1 rings (SSSR count). The van der Waals surface area contributed by atoms with E-state index in [0.29, 0.717) is 24.5 Å². The second-order valence-electron chi connectivity index (χ2n) is 3.46. The van der Waals surface area contributed by atoms with Gasteiger partial charge >= 0.3 is 6.03 Å². The zero-order valence-electron chi connectivity index (χ0n) is 9.74. The van der Waals surface area contributed by atoms with E-state index in [9.17, 15) is 4.79 Å². The quantitative estimate of drug-likeness (QED) is 0.636. The average molecular weight is 234 g/mol. The summed E-state index contributed by atoms with van der Waals surface area (Å²) in [6.45, 7) is 4.39. The first-order valence-electron chi connectivity index (χ1n) is 5.07. The lowest BCUT2D eigenvalue weighted by Gasteiger charge is -2.09. The van der Waals surface area contributed by atoms with E-state index in [1.807, 2.05) is 6.92 Å². The number of rotatable bonds is 4. The summed E-state index contributed by atoms with van der Waals surface area (Å²) in [5.41, 5.74) is 6.91. The molecule has 0 atom stereocenters. The molecule has 7 nitrogen and oxygen atoms in total. The van der Waals surface area contributed by atoms with Crippen LogP contribution < -0.4 is 16.4 Å². The van der Waals surface area contributed by atoms with E-state index in [1.165, 1.54) is 0 Å². The number of primary amides is 1. The Morgan fingerprint density at radius 3 is 2.71 bits per heavy atom. The molecule has 90 valence electrons. The third-order valence-electron chi connectivity index (χ3n) is 2.28. The molecule has 0 spiro atoms. The van der Waals surface area contributed by atoms with Crippen LogP contribution in [0.3, 0.4) is 0 Å². The van der Waals surface area contributed by atoms with Gasteiger partial charge in [0.15, 0.2) is 5.82 Å². The highest BCUT2D eigenvalue weighted by molar-refractivity contribution is 5.71. The van der Waals surface area contributed by atoms with Gasteiger partial charge in [0.25, 0.3) is 0 Å². The standard InChI is InChI=1S/C10H14N6O/c1-6-7(2)15-16-9(8(6)5-11)13-3-4-14-10(12)17/h3-4H2,1-2H3,(H,13,16)(H3,12,14,17). The molecule has 0 fully saturated rings. The summed E-state index contributed by atoms with van der Waals surface area (Å²) in [7, 11) is 0.